The number of benzene rings is 1. The lowest BCUT2D eigenvalue weighted by molar-refractivity contribution is -0.111. The first-order valence-electron chi connectivity index (χ1n) is 8.88. The summed E-state index contributed by atoms with van der Waals surface area (Å²) < 4.78 is 1.80. The van der Waals surface area contributed by atoms with E-state index in [1.54, 1.807) is 34.7 Å². The number of hydrogen-bond acceptors (Lipinski definition) is 3. The second-order valence-corrected chi connectivity index (χ2v) is 6.85. The van der Waals surface area contributed by atoms with Crippen molar-refractivity contribution in [3.05, 3.63) is 65.6 Å². The van der Waals surface area contributed by atoms with Crippen LogP contribution in [-0.4, -0.2) is 27.4 Å². The molecule has 1 aromatic carbocycles. The van der Waals surface area contributed by atoms with Gasteiger partial charge in [-0.1, -0.05) is 17.7 Å². The van der Waals surface area contributed by atoms with Gasteiger partial charge in [-0.05, 0) is 55.3 Å². The van der Waals surface area contributed by atoms with Gasteiger partial charge in [0.1, 0.15) is 5.65 Å². The van der Waals surface area contributed by atoms with Crippen molar-refractivity contribution in [1.29, 1.82) is 0 Å². The van der Waals surface area contributed by atoms with Gasteiger partial charge < -0.3 is 16.0 Å². The number of anilines is 2. The summed E-state index contributed by atoms with van der Waals surface area (Å²) in [5.74, 6) is -0.297. The minimum atomic E-state index is -0.297. The number of nitrogens with zero attached hydrogens (tertiary/aromatic N) is 2. The molecule has 28 heavy (non-hydrogen) atoms. The fraction of sp³-hybridized carbons (Fsp3) is 0.150. The number of nitrogens with one attached hydrogen (secondary N) is 3. The van der Waals surface area contributed by atoms with E-state index in [1.165, 1.54) is 6.08 Å². The summed E-state index contributed by atoms with van der Waals surface area (Å²) in [7, 11) is 0. The molecule has 1 saturated carbocycles. The zero-order valence-corrected chi connectivity index (χ0v) is 15.6. The molecule has 3 N–H and O–H groups in total. The zero-order valence-electron chi connectivity index (χ0n) is 14.9. The van der Waals surface area contributed by atoms with Gasteiger partial charge in [0, 0.05) is 29.7 Å². The van der Waals surface area contributed by atoms with E-state index in [4.69, 9.17) is 11.6 Å². The highest BCUT2D eigenvalue weighted by Crippen LogP contribution is 2.20. The molecule has 7 nitrogen and oxygen atoms in total. The van der Waals surface area contributed by atoms with E-state index >= 15 is 0 Å². The maximum absolute atomic E-state index is 12.2. The highest BCUT2D eigenvalue weighted by molar-refractivity contribution is 6.31. The first-order valence-corrected chi connectivity index (χ1v) is 9.25. The van der Waals surface area contributed by atoms with Crippen molar-refractivity contribution in [2.45, 2.75) is 18.9 Å². The Balaban J connectivity index is 1.37. The Hall–Kier alpha value is -3.32. The minimum absolute atomic E-state index is 0.216. The van der Waals surface area contributed by atoms with Gasteiger partial charge in [-0.15, -0.1) is 0 Å². The number of carbonyl (C=O) groups excluding carboxylic acids is 2. The molecular weight excluding hydrogens is 378 g/mol. The highest BCUT2D eigenvalue weighted by Gasteiger charge is 2.23. The van der Waals surface area contributed by atoms with Crippen LogP contribution in [0.25, 0.3) is 11.7 Å². The second-order valence-electron chi connectivity index (χ2n) is 6.49. The maximum atomic E-state index is 12.2. The van der Waals surface area contributed by atoms with Gasteiger partial charge in [-0.3, -0.25) is 9.20 Å². The van der Waals surface area contributed by atoms with E-state index < -0.39 is 0 Å². The van der Waals surface area contributed by atoms with Gasteiger partial charge >= 0.3 is 6.03 Å². The van der Waals surface area contributed by atoms with Crippen LogP contribution < -0.4 is 16.0 Å². The number of imidazole rings is 1. The predicted molar refractivity (Wildman–Crippen MR) is 109 cm³/mol. The molecule has 3 amide bonds. The molecule has 1 aliphatic carbocycles. The number of aromatic nitrogens is 2. The average Bonchev–Trinajstić information content (AvgIpc) is 3.42. The zero-order chi connectivity index (χ0) is 19.5. The predicted octanol–water partition coefficient (Wildman–Crippen LogP) is 3.92. The Bertz CT molecular complexity index is 1050. The summed E-state index contributed by atoms with van der Waals surface area (Å²) in [6.07, 6.45) is 6.92. The van der Waals surface area contributed by atoms with Crippen molar-refractivity contribution in [3.63, 3.8) is 0 Å². The summed E-state index contributed by atoms with van der Waals surface area (Å²) in [6.45, 7) is 0. The lowest BCUT2D eigenvalue weighted by atomic mass is 10.2. The Labute approximate surface area is 166 Å². The molecule has 4 rings (SSSR count). The first-order chi connectivity index (χ1) is 13.6. The fourth-order valence-corrected chi connectivity index (χ4v) is 2.93. The van der Waals surface area contributed by atoms with E-state index in [9.17, 15) is 9.59 Å². The van der Waals surface area contributed by atoms with Crippen molar-refractivity contribution < 1.29 is 9.59 Å². The van der Waals surface area contributed by atoms with Gasteiger partial charge in [-0.2, -0.15) is 0 Å². The van der Waals surface area contributed by atoms with E-state index in [2.05, 4.69) is 20.9 Å². The molecule has 0 spiro atoms. The normalized spacial score (nSPS) is 13.6. The minimum Gasteiger partial charge on any atom is -0.335 e. The van der Waals surface area contributed by atoms with Crippen LogP contribution in [0.5, 0.6) is 0 Å². The number of urea groups is 1. The molecule has 0 atom stereocenters. The number of carbonyl (C=O) groups is 2. The molecule has 1 fully saturated rings. The van der Waals surface area contributed by atoms with Gasteiger partial charge in [0.15, 0.2) is 5.15 Å². The van der Waals surface area contributed by atoms with Crippen LogP contribution in [0.15, 0.2) is 54.7 Å². The molecule has 3 aromatic rings. The summed E-state index contributed by atoms with van der Waals surface area (Å²) in [5, 5.41) is 8.71. The molecule has 0 radical (unpaired) electrons. The van der Waals surface area contributed by atoms with E-state index in [0.717, 1.165) is 12.8 Å². The number of fused-ring (bicyclic) bond motifs is 1. The molecular formula is C20H18ClN5O2. The quantitative estimate of drug-likeness (QED) is 0.572. The first kappa shape index (κ1) is 18.1. The number of rotatable bonds is 5. The van der Waals surface area contributed by atoms with Crippen molar-refractivity contribution in [2.24, 2.45) is 0 Å². The molecule has 1 aliphatic rings. The smallest absolute Gasteiger partial charge is 0.319 e. The van der Waals surface area contributed by atoms with Crippen molar-refractivity contribution >= 4 is 46.6 Å². The molecule has 0 bridgehead atoms. The Morgan fingerprint density at radius 2 is 1.79 bits per heavy atom. The maximum Gasteiger partial charge on any atom is 0.319 e. The van der Waals surface area contributed by atoms with Crippen LogP contribution in [-0.2, 0) is 4.79 Å². The largest absolute Gasteiger partial charge is 0.335 e. The lowest BCUT2D eigenvalue weighted by Crippen LogP contribution is -2.30. The Morgan fingerprint density at radius 3 is 2.50 bits per heavy atom. The number of pyridine rings is 1. The van der Waals surface area contributed by atoms with Crippen molar-refractivity contribution in [2.75, 3.05) is 10.6 Å². The van der Waals surface area contributed by atoms with Gasteiger partial charge in [0.25, 0.3) is 0 Å². The van der Waals surface area contributed by atoms with E-state index in [0.29, 0.717) is 33.9 Å². The summed E-state index contributed by atoms with van der Waals surface area (Å²) >= 11 is 6.15. The van der Waals surface area contributed by atoms with Crippen LogP contribution in [0, 0.1) is 0 Å². The van der Waals surface area contributed by atoms with Crippen LogP contribution in [0.3, 0.4) is 0 Å². The molecule has 0 saturated heterocycles. The molecule has 2 aromatic heterocycles. The van der Waals surface area contributed by atoms with Crippen LogP contribution in [0.1, 0.15) is 18.5 Å². The molecule has 142 valence electrons. The Kier molecular flexibility index (Phi) is 4.99. The number of hydrogen-bond donors (Lipinski definition) is 3. The Morgan fingerprint density at radius 1 is 1.07 bits per heavy atom. The van der Waals surface area contributed by atoms with E-state index in [-0.39, 0.29) is 11.9 Å². The van der Waals surface area contributed by atoms with Gasteiger partial charge in [0.2, 0.25) is 5.91 Å². The summed E-state index contributed by atoms with van der Waals surface area (Å²) in [4.78, 5) is 28.2. The summed E-state index contributed by atoms with van der Waals surface area (Å²) in [6, 6.07) is 12.6. The second kappa shape index (κ2) is 7.74. The molecule has 8 heteroatoms. The summed E-state index contributed by atoms with van der Waals surface area (Å²) in [5.41, 5.74) is 2.62. The number of amides is 3. The third kappa shape index (κ3) is 4.32. The van der Waals surface area contributed by atoms with Crippen LogP contribution in [0.2, 0.25) is 5.15 Å². The topological polar surface area (TPSA) is 87.5 Å². The molecule has 0 aliphatic heterocycles. The van der Waals surface area contributed by atoms with Crippen LogP contribution >= 0.6 is 11.6 Å². The van der Waals surface area contributed by atoms with Crippen molar-refractivity contribution in [1.82, 2.24) is 14.7 Å². The monoisotopic (exact) mass is 395 g/mol. The third-order valence-electron chi connectivity index (χ3n) is 4.24. The van der Waals surface area contributed by atoms with Gasteiger partial charge in [0.05, 0.1) is 5.69 Å². The van der Waals surface area contributed by atoms with Crippen LogP contribution in [0.4, 0.5) is 16.2 Å². The van der Waals surface area contributed by atoms with Gasteiger partial charge in [-0.25, -0.2) is 9.78 Å². The third-order valence-corrected chi connectivity index (χ3v) is 4.52. The highest BCUT2D eigenvalue weighted by atomic mass is 35.5. The average molecular weight is 396 g/mol. The fourth-order valence-electron chi connectivity index (χ4n) is 2.69. The SMILES string of the molecule is O=C(/C=C/c1c(Cl)nc2ccccn12)Nc1ccc(NC(=O)NC2CC2)cc1. The standard InChI is InChI=1S/C20H18ClN5O2/c21-19-16(26-12-2-1-3-17(26)25-19)10-11-18(27)22-13-4-6-14(7-5-13)23-20(28)24-15-8-9-15/h1-7,10-12,15H,8-9H2,(H,22,27)(H2,23,24,28)/b11-10+. The van der Waals surface area contributed by atoms with Crippen molar-refractivity contribution in [3.8, 4) is 0 Å². The lowest BCUT2D eigenvalue weighted by Gasteiger charge is -2.08. The molecule has 0 unspecified atom stereocenters. The van der Waals surface area contributed by atoms with E-state index in [1.807, 2.05) is 24.4 Å². The molecule has 2 heterocycles. The number of halogens is 1.